The van der Waals surface area contributed by atoms with E-state index < -0.39 is 48.1 Å². The van der Waals surface area contributed by atoms with Crippen LogP contribution in [-0.4, -0.2) is 59.8 Å². The molecule has 3 amide bonds. The number of terminal acetylenes is 1. The van der Waals surface area contributed by atoms with Crippen LogP contribution in [0.2, 0.25) is 0 Å². The molecule has 1 rings (SSSR count). The molecule has 0 spiro atoms. The summed E-state index contributed by atoms with van der Waals surface area (Å²) in [5, 5.41) is 4.83. The van der Waals surface area contributed by atoms with Gasteiger partial charge in [0.25, 0.3) is 5.91 Å². The van der Waals surface area contributed by atoms with Gasteiger partial charge in [-0.1, -0.05) is 36.3 Å². The van der Waals surface area contributed by atoms with Crippen LogP contribution in [-0.2, 0) is 23.9 Å². The van der Waals surface area contributed by atoms with Crippen LogP contribution in [0.5, 0.6) is 0 Å². The number of nitrogens with zero attached hydrogens (tertiary/aromatic N) is 1. The van der Waals surface area contributed by atoms with Crippen molar-refractivity contribution in [3.63, 3.8) is 0 Å². The standard InChI is InChI=1S/C22H29N3O6S/c1-7-25(20(28)16(13-32)24-21(29)31-22(3,4)5)18(15-10-8-14(2)9-11-15)19(27)23-12-17(26)30-6/h1,8-11,16,18,32H,12-13H2,2-6H3,(H,23,27)(H,24,29). The Bertz CT molecular complexity index is 873. The van der Waals surface area contributed by atoms with Crippen molar-refractivity contribution in [2.24, 2.45) is 0 Å². The largest absolute Gasteiger partial charge is 0.468 e. The molecule has 0 aliphatic heterocycles. The van der Waals surface area contributed by atoms with E-state index in [0.717, 1.165) is 10.5 Å². The Hall–Kier alpha value is -3.19. The van der Waals surface area contributed by atoms with E-state index in [1.165, 1.54) is 7.11 Å². The van der Waals surface area contributed by atoms with Gasteiger partial charge >= 0.3 is 12.1 Å². The lowest BCUT2D eigenvalue weighted by Crippen LogP contribution is -2.52. The predicted molar refractivity (Wildman–Crippen MR) is 122 cm³/mol. The first-order chi connectivity index (χ1) is 14.9. The zero-order chi connectivity index (χ0) is 24.5. The molecule has 9 nitrogen and oxygen atoms in total. The zero-order valence-electron chi connectivity index (χ0n) is 18.8. The normalized spacial score (nSPS) is 12.5. The Labute approximate surface area is 193 Å². The third-order valence-electron chi connectivity index (χ3n) is 4.08. The van der Waals surface area contributed by atoms with Crippen LogP contribution >= 0.6 is 12.6 Å². The highest BCUT2D eigenvalue weighted by Gasteiger charge is 2.35. The number of aryl methyl sites for hydroxylation is 1. The molecule has 2 N–H and O–H groups in total. The monoisotopic (exact) mass is 463 g/mol. The molecular weight excluding hydrogens is 434 g/mol. The Balaban J connectivity index is 3.22. The smallest absolute Gasteiger partial charge is 0.408 e. The number of esters is 1. The predicted octanol–water partition coefficient (Wildman–Crippen LogP) is 1.57. The van der Waals surface area contributed by atoms with E-state index in [0.29, 0.717) is 5.56 Å². The average molecular weight is 464 g/mol. The molecular formula is C22H29N3O6S. The molecule has 32 heavy (non-hydrogen) atoms. The summed E-state index contributed by atoms with van der Waals surface area (Å²) in [6.45, 7) is 6.49. The second-order valence-corrected chi connectivity index (χ2v) is 8.19. The van der Waals surface area contributed by atoms with E-state index in [2.05, 4.69) is 34.0 Å². The average Bonchev–Trinajstić information content (AvgIpc) is 2.72. The molecule has 10 heteroatoms. The van der Waals surface area contributed by atoms with Crippen LogP contribution in [0.1, 0.15) is 37.9 Å². The molecule has 2 unspecified atom stereocenters. The van der Waals surface area contributed by atoms with Gasteiger partial charge in [0.2, 0.25) is 5.91 Å². The minimum absolute atomic E-state index is 0.0966. The van der Waals surface area contributed by atoms with Gasteiger partial charge in [-0.3, -0.25) is 19.3 Å². The van der Waals surface area contributed by atoms with Crippen molar-refractivity contribution in [1.29, 1.82) is 0 Å². The fourth-order valence-corrected chi connectivity index (χ4v) is 2.81. The third-order valence-corrected chi connectivity index (χ3v) is 4.45. The number of thiol groups is 1. The minimum Gasteiger partial charge on any atom is -0.468 e. The summed E-state index contributed by atoms with van der Waals surface area (Å²) in [6.07, 6.45) is 4.77. The van der Waals surface area contributed by atoms with Gasteiger partial charge in [0.15, 0.2) is 0 Å². The lowest BCUT2D eigenvalue weighted by atomic mass is 10.0. The fraction of sp³-hybridized carbons (Fsp3) is 0.455. The van der Waals surface area contributed by atoms with Crippen molar-refractivity contribution in [2.45, 2.75) is 45.4 Å². The maximum atomic E-state index is 13.2. The van der Waals surface area contributed by atoms with Gasteiger partial charge in [0, 0.05) is 11.8 Å². The molecule has 0 radical (unpaired) electrons. The van der Waals surface area contributed by atoms with Crippen molar-refractivity contribution >= 4 is 36.5 Å². The summed E-state index contributed by atoms with van der Waals surface area (Å²) in [6, 6.07) is 6.59. The quantitative estimate of drug-likeness (QED) is 0.233. The number of carbonyl (C=O) groups excluding carboxylic acids is 4. The van der Waals surface area contributed by atoms with E-state index in [1.807, 2.05) is 6.92 Å². The van der Waals surface area contributed by atoms with Crippen LogP contribution in [0.4, 0.5) is 4.79 Å². The fourth-order valence-electron chi connectivity index (χ4n) is 2.56. The molecule has 1 aromatic carbocycles. The number of hydrogen-bond acceptors (Lipinski definition) is 7. The number of carbonyl (C=O) groups is 4. The number of amides is 3. The highest BCUT2D eigenvalue weighted by molar-refractivity contribution is 7.80. The van der Waals surface area contributed by atoms with Gasteiger partial charge in [-0.2, -0.15) is 12.6 Å². The van der Waals surface area contributed by atoms with Gasteiger partial charge in [-0.25, -0.2) is 4.79 Å². The summed E-state index contributed by atoms with van der Waals surface area (Å²) < 4.78 is 9.71. The summed E-state index contributed by atoms with van der Waals surface area (Å²) >= 11 is 4.13. The van der Waals surface area contributed by atoms with Gasteiger partial charge in [0.05, 0.1) is 7.11 Å². The van der Waals surface area contributed by atoms with Crippen molar-refractivity contribution in [3.05, 3.63) is 35.4 Å². The van der Waals surface area contributed by atoms with Gasteiger partial charge in [0.1, 0.15) is 24.2 Å². The van der Waals surface area contributed by atoms with Crippen molar-refractivity contribution in [2.75, 3.05) is 19.4 Å². The molecule has 1 aromatic rings. The van der Waals surface area contributed by atoms with E-state index in [4.69, 9.17) is 11.2 Å². The highest BCUT2D eigenvalue weighted by atomic mass is 32.1. The summed E-state index contributed by atoms with van der Waals surface area (Å²) in [4.78, 5) is 50.6. The maximum Gasteiger partial charge on any atom is 0.408 e. The van der Waals surface area contributed by atoms with Crippen LogP contribution in [0.25, 0.3) is 0 Å². The van der Waals surface area contributed by atoms with Crippen LogP contribution < -0.4 is 10.6 Å². The second kappa shape index (κ2) is 12.0. The maximum absolute atomic E-state index is 13.2. The van der Waals surface area contributed by atoms with Crippen LogP contribution in [0, 0.1) is 19.4 Å². The summed E-state index contributed by atoms with van der Waals surface area (Å²) in [5.41, 5.74) is 0.568. The molecule has 0 saturated heterocycles. The topological polar surface area (TPSA) is 114 Å². The Morgan fingerprint density at radius 1 is 1.19 bits per heavy atom. The van der Waals surface area contributed by atoms with E-state index >= 15 is 0 Å². The number of hydrogen-bond donors (Lipinski definition) is 3. The van der Waals surface area contributed by atoms with Gasteiger partial charge < -0.3 is 20.1 Å². The van der Waals surface area contributed by atoms with E-state index in [1.54, 1.807) is 45.0 Å². The van der Waals surface area contributed by atoms with E-state index in [-0.39, 0.29) is 5.75 Å². The van der Waals surface area contributed by atoms with Gasteiger partial charge in [-0.05, 0) is 33.3 Å². The number of methoxy groups -OCH3 is 1. The van der Waals surface area contributed by atoms with E-state index in [9.17, 15) is 19.2 Å². The molecule has 0 aromatic heterocycles. The summed E-state index contributed by atoms with van der Waals surface area (Å²) in [5.74, 6) is -2.20. The molecule has 174 valence electrons. The number of nitrogens with one attached hydrogen (secondary N) is 2. The second-order valence-electron chi connectivity index (χ2n) is 7.83. The molecule has 0 saturated carbocycles. The highest BCUT2D eigenvalue weighted by Crippen LogP contribution is 2.22. The first-order valence-corrected chi connectivity index (χ1v) is 10.4. The Kier molecular flexibility index (Phi) is 10.1. The number of alkyl carbamates (subject to hydrolysis) is 1. The summed E-state index contributed by atoms with van der Waals surface area (Å²) in [7, 11) is 1.18. The van der Waals surface area contributed by atoms with Crippen LogP contribution in [0.3, 0.4) is 0 Å². The SMILES string of the molecule is C#CN(C(=O)C(CS)NC(=O)OC(C)(C)C)C(C(=O)NCC(=O)OC)c1ccc(C)cc1. The molecule has 0 aliphatic carbocycles. The van der Waals surface area contributed by atoms with Crippen molar-refractivity contribution in [3.8, 4) is 12.5 Å². The molecule has 0 bridgehead atoms. The molecule has 0 heterocycles. The first-order valence-electron chi connectivity index (χ1n) is 9.74. The first kappa shape index (κ1) is 26.8. The number of rotatable bonds is 8. The lowest BCUT2D eigenvalue weighted by molar-refractivity contribution is -0.142. The van der Waals surface area contributed by atoms with Gasteiger partial charge in [-0.15, -0.1) is 0 Å². The molecule has 2 atom stereocenters. The minimum atomic E-state index is -1.26. The third kappa shape index (κ3) is 8.15. The molecule has 0 fully saturated rings. The number of ether oxygens (including phenoxy) is 2. The molecule has 0 aliphatic rings. The van der Waals surface area contributed by atoms with Crippen molar-refractivity contribution in [1.82, 2.24) is 15.5 Å². The zero-order valence-corrected chi connectivity index (χ0v) is 19.7. The van der Waals surface area contributed by atoms with Crippen molar-refractivity contribution < 1.29 is 28.7 Å². The lowest BCUT2D eigenvalue weighted by Gasteiger charge is -2.30. The number of benzene rings is 1. The Morgan fingerprint density at radius 2 is 1.78 bits per heavy atom. The van der Waals surface area contributed by atoms with Crippen LogP contribution in [0.15, 0.2) is 24.3 Å². The Morgan fingerprint density at radius 3 is 2.25 bits per heavy atom.